The quantitative estimate of drug-likeness (QED) is 0.823. The van der Waals surface area contributed by atoms with Crippen molar-refractivity contribution < 1.29 is 18.7 Å². The van der Waals surface area contributed by atoms with Gasteiger partial charge in [-0.05, 0) is 6.92 Å². The molecule has 1 atom stereocenters. The lowest BCUT2D eigenvalue weighted by Gasteiger charge is -2.37. The van der Waals surface area contributed by atoms with Crippen LogP contribution in [0, 0.1) is 0 Å². The van der Waals surface area contributed by atoms with Crippen molar-refractivity contribution in [2.45, 2.75) is 45.0 Å². The Bertz CT molecular complexity index is 491. The van der Waals surface area contributed by atoms with Crippen LogP contribution in [-0.2, 0) is 15.9 Å². The van der Waals surface area contributed by atoms with Crippen LogP contribution in [0.15, 0.2) is 10.8 Å². The van der Waals surface area contributed by atoms with Crippen LogP contribution in [-0.4, -0.2) is 47.4 Å². The number of likely N-dealkylation sites (tertiary alicyclic amines) is 1. The maximum absolute atomic E-state index is 12.4. The molecule has 0 bridgehead atoms. The van der Waals surface area contributed by atoms with E-state index in [0.29, 0.717) is 50.4 Å². The zero-order chi connectivity index (χ0) is 14.2. The average molecular weight is 280 g/mol. The maximum atomic E-state index is 12.4. The number of rotatable bonds is 2. The van der Waals surface area contributed by atoms with Crippen LogP contribution in [0.25, 0.3) is 0 Å². The molecule has 2 aliphatic heterocycles. The molecule has 2 aliphatic rings. The number of amides is 1. The fraction of sp³-hybridized carbons (Fsp3) is 0.714. The molecular weight excluding hydrogens is 260 g/mol. The average Bonchev–Trinajstić information content (AvgIpc) is 3.06. The molecule has 0 aliphatic carbocycles. The summed E-state index contributed by atoms with van der Waals surface area (Å²) in [7, 11) is 0. The van der Waals surface area contributed by atoms with Crippen molar-refractivity contribution in [1.29, 1.82) is 0 Å². The molecule has 2 saturated heterocycles. The number of oxazole rings is 1. The van der Waals surface area contributed by atoms with E-state index in [1.807, 2.05) is 13.8 Å². The Labute approximate surface area is 118 Å². The first-order valence-electron chi connectivity index (χ1n) is 7.17. The first-order chi connectivity index (χ1) is 9.63. The summed E-state index contributed by atoms with van der Waals surface area (Å²) in [5, 5.41) is 0. The summed E-state index contributed by atoms with van der Waals surface area (Å²) < 4.78 is 16.8. The van der Waals surface area contributed by atoms with Crippen molar-refractivity contribution in [2.24, 2.45) is 0 Å². The zero-order valence-electron chi connectivity index (χ0n) is 11.9. The minimum atomic E-state index is -0.479. The Kier molecular flexibility index (Phi) is 3.52. The topological polar surface area (TPSA) is 64.8 Å². The third-order valence-corrected chi connectivity index (χ3v) is 3.97. The number of ether oxygens (including phenoxy) is 2. The van der Waals surface area contributed by atoms with Gasteiger partial charge in [0.25, 0.3) is 5.91 Å². The summed E-state index contributed by atoms with van der Waals surface area (Å²) in [6, 6.07) is 0. The van der Waals surface area contributed by atoms with E-state index in [1.54, 1.807) is 4.90 Å². The number of hydrogen-bond donors (Lipinski definition) is 0. The van der Waals surface area contributed by atoms with E-state index < -0.39 is 5.79 Å². The van der Waals surface area contributed by atoms with Gasteiger partial charge in [-0.2, -0.15) is 0 Å². The molecule has 2 fully saturated rings. The van der Waals surface area contributed by atoms with Gasteiger partial charge in [0, 0.05) is 32.4 Å². The van der Waals surface area contributed by atoms with Crippen LogP contribution >= 0.6 is 0 Å². The number of carbonyl (C=O) groups excluding carboxylic acids is 1. The second kappa shape index (κ2) is 5.18. The molecule has 3 heterocycles. The van der Waals surface area contributed by atoms with Crippen molar-refractivity contribution in [3.63, 3.8) is 0 Å². The summed E-state index contributed by atoms with van der Waals surface area (Å²) >= 11 is 0. The van der Waals surface area contributed by atoms with E-state index in [-0.39, 0.29) is 12.0 Å². The first kappa shape index (κ1) is 13.6. The van der Waals surface area contributed by atoms with Gasteiger partial charge in [0.05, 0.1) is 12.7 Å². The summed E-state index contributed by atoms with van der Waals surface area (Å²) in [5.41, 5.74) is 0.435. The molecule has 1 spiro atoms. The predicted molar refractivity (Wildman–Crippen MR) is 70.2 cm³/mol. The second-order valence-corrected chi connectivity index (χ2v) is 5.42. The van der Waals surface area contributed by atoms with Crippen molar-refractivity contribution in [3.8, 4) is 0 Å². The smallest absolute Gasteiger partial charge is 0.276 e. The minimum Gasteiger partial charge on any atom is -0.448 e. The van der Waals surface area contributed by atoms with Crippen molar-refractivity contribution >= 4 is 5.91 Å². The third-order valence-electron chi connectivity index (χ3n) is 3.97. The van der Waals surface area contributed by atoms with Crippen LogP contribution in [0.3, 0.4) is 0 Å². The highest BCUT2D eigenvalue weighted by Gasteiger charge is 2.43. The van der Waals surface area contributed by atoms with Gasteiger partial charge in [-0.3, -0.25) is 4.79 Å². The lowest BCUT2D eigenvalue weighted by Crippen LogP contribution is -2.47. The molecule has 110 valence electrons. The molecule has 6 nitrogen and oxygen atoms in total. The van der Waals surface area contributed by atoms with E-state index in [0.717, 1.165) is 0 Å². The largest absolute Gasteiger partial charge is 0.448 e. The first-order valence-corrected chi connectivity index (χ1v) is 7.17. The monoisotopic (exact) mass is 280 g/mol. The van der Waals surface area contributed by atoms with Gasteiger partial charge in [0.15, 0.2) is 17.9 Å². The number of aromatic nitrogens is 1. The summed E-state index contributed by atoms with van der Waals surface area (Å²) in [5.74, 6) is 0.113. The van der Waals surface area contributed by atoms with Gasteiger partial charge in [-0.15, -0.1) is 0 Å². The molecule has 20 heavy (non-hydrogen) atoms. The number of carbonyl (C=O) groups is 1. The van der Waals surface area contributed by atoms with Crippen molar-refractivity contribution in [1.82, 2.24) is 9.88 Å². The van der Waals surface area contributed by atoms with E-state index >= 15 is 0 Å². The van der Waals surface area contributed by atoms with E-state index in [9.17, 15) is 4.79 Å². The van der Waals surface area contributed by atoms with Crippen molar-refractivity contribution in [3.05, 3.63) is 17.8 Å². The van der Waals surface area contributed by atoms with Crippen LogP contribution < -0.4 is 0 Å². The molecule has 6 heteroatoms. The fourth-order valence-electron chi connectivity index (χ4n) is 2.86. The van der Waals surface area contributed by atoms with Crippen LogP contribution in [0.1, 0.15) is 42.9 Å². The molecule has 0 radical (unpaired) electrons. The molecule has 0 aromatic carbocycles. The number of nitrogens with zero attached hydrogens (tertiary/aromatic N) is 2. The Morgan fingerprint density at radius 3 is 2.85 bits per heavy atom. The number of piperidine rings is 1. The summed E-state index contributed by atoms with van der Waals surface area (Å²) in [4.78, 5) is 18.3. The Hall–Kier alpha value is -1.40. The molecule has 0 saturated carbocycles. The normalized spacial score (nSPS) is 25.3. The lowest BCUT2D eigenvalue weighted by molar-refractivity contribution is -0.190. The highest BCUT2D eigenvalue weighted by Crippen LogP contribution is 2.34. The van der Waals surface area contributed by atoms with E-state index in [1.165, 1.54) is 6.39 Å². The number of aryl methyl sites for hydroxylation is 1. The number of hydrogen-bond acceptors (Lipinski definition) is 5. The van der Waals surface area contributed by atoms with Gasteiger partial charge in [-0.1, -0.05) is 6.92 Å². The SMILES string of the molecule is CCc1ocnc1C(=O)N1CCC2(CC1)OC[C@H](C)O2. The molecule has 0 N–H and O–H groups in total. The van der Waals surface area contributed by atoms with E-state index in [2.05, 4.69) is 4.98 Å². The molecule has 3 rings (SSSR count). The summed E-state index contributed by atoms with van der Waals surface area (Å²) in [6.07, 6.45) is 3.56. The van der Waals surface area contributed by atoms with Gasteiger partial charge >= 0.3 is 0 Å². The van der Waals surface area contributed by atoms with E-state index in [4.69, 9.17) is 13.9 Å². The third kappa shape index (κ3) is 2.33. The highest BCUT2D eigenvalue weighted by molar-refractivity contribution is 5.93. The summed E-state index contributed by atoms with van der Waals surface area (Å²) in [6.45, 7) is 5.85. The molecule has 0 unspecified atom stereocenters. The van der Waals surface area contributed by atoms with Crippen LogP contribution in [0.2, 0.25) is 0 Å². The van der Waals surface area contributed by atoms with Crippen molar-refractivity contribution in [2.75, 3.05) is 19.7 Å². The highest BCUT2D eigenvalue weighted by atomic mass is 16.7. The van der Waals surface area contributed by atoms with Crippen LogP contribution in [0.5, 0.6) is 0 Å². The molecule has 1 aromatic rings. The lowest BCUT2D eigenvalue weighted by atomic mass is 10.0. The molecular formula is C14H20N2O4. The minimum absolute atomic E-state index is 0.0588. The molecule has 1 amide bonds. The standard InChI is InChI=1S/C14H20N2O4/c1-3-11-12(15-9-18-11)13(17)16-6-4-14(5-7-16)19-8-10(2)20-14/h9-10H,3-8H2,1-2H3/t10-/m0/s1. The zero-order valence-corrected chi connectivity index (χ0v) is 11.9. The molecule has 1 aromatic heterocycles. The Morgan fingerprint density at radius 1 is 1.50 bits per heavy atom. The van der Waals surface area contributed by atoms with Gasteiger partial charge in [0.2, 0.25) is 0 Å². The maximum Gasteiger partial charge on any atom is 0.276 e. The van der Waals surface area contributed by atoms with Gasteiger partial charge in [0.1, 0.15) is 5.76 Å². The predicted octanol–water partition coefficient (Wildman–Crippen LogP) is 1.60. The fourth-order valence-corrected chi connectivity index (χ4v) is 2.86. The van der Waals surface area contributed by atoms with Crippen LogP contribution in [0.4, 0.5) is 0 Å². The Balaban J connectivity index is 1.65. The second-order valence-electron chi connectivity index (χ2n) is 5.42. The van der Waals surface area contributed by atoms with Gasteiger partial charge < -0.3 is 18.8 Å². The van der Waals surface area contributed by atoms with Gasteiger partial charge in [-0.25, -0.2) is 4.98 Å². The Morgan fingerprint density at radius 2 is 2.25 bits per heavy atom.